The van der Waals surface area contributed by atoms with Gasteiger partial charge in [-0.1, -0.05) is 17.7 Å². The van der Waals surface area contributed by atoms with Crippen LogP contribution in [0.15, 0.2) is 40.7 Å². The Morgan fingerprint density at radius 2 is 2.06 bits per heavy atom. The molecule has 2 saturated heterocycles. The fourth-order valence-corrected chi connectivity index (χ4v) is 6.78. The molecule has 0 N–H and O–H groups in total. The lowest BCUT2D eigenvalue weighted by molar-refractivity contribution is -0.139. The number of rotatable bonds is 7. The molecular weight excluding hydrogens is 458 g/mol. The molecule has 2 aliphatic heterocycles. The van der Waals surface area contributed by atoms with Crippen LogP contribution in [0, 0.1) is 5.92 Å². The maximum Gasteiger partial charge on any atom is 0.246 e. The summed E-state index contributed by atoms with van der Waals surface area (Å²) in [7, 11) is -3.73. The Labute approximate surface area is 192 Å². The number of halogens is 1. The van der Waals surface area contributed by atoms with Crippen LogP contribution in [0.1, 0.15) is 30.6 Å². The standard InChI is InChI=1S/C21H26ClN3O4S2/c22-20-19(6-1-9-23-20)31(27,28)25-10-7-16(8-11-25)21(26)24(14-17-4-2-12-29-17)15-18-5-3-13-30-18/h1,3,5-6,9,13,16-17H,2,4,7-8,10-12,14-15H2. The van der Waals surface area contributed by atoms with Crippen LogP contribution in [-0.2, 0) is 26.1 Å². The summed E-state index contributed by atoms with van der Waals surface area (Å²) in [6.45, 7) is 2.48. The van der Waals surface area contributed by atoms with Gasteiger partial charge in [0, 0.05) is 43.2 Å². The predicted molar refractivity (Wildman–Crippen MR) is 119 cm³/mol. The van der Waals surface area contributed by atoms with E-state index in [1.165, 1.54) is 16.6 Å². The Balaban J connectivity index is 1.42. The Morgan fingerprint density at radius 3 is 2.71 bits per heavy atom. The Kier molecular flexibility index (Phi) is 7.28. The van der Waals surface area contributed by atoms with E-state index in [9.17, 15) is 13.2 Å². The molecule has 0 spiro atoms. The van der Waals surface area contributed by atoms with E-state index in [1.807, 2.05) is 22.4 Å². The van der Waals surface area contributed by atoms with Crippen molar-refractivity contribution < 1.29 is 17.9 Å². The maximum atomic E-state index is 13.4. The molecule has 0 aliphatic carbocycles. The molecule has 2 aliphatic rings. The van der Waals surface area contributed by atoms with Crippen molar-refractivity contribution in [1.82, 2.24) is 14.2 Å². The zero-order chi connectivity index (χ0) is 21.8. The van der Waals surface area contributed by atoms with E-state index in [2.05, 4.69) is 4.98 Å². The number of carbonyl (C=O) groups is 1. The molecule has 10 heteroatoms. The van der Waals surface area contributed by atoms with Crippen LogP contribution < -0.4 is 0 Å². The van der Waals surface area contributed by atoms with Gasteiger partial charge in [-0.25, -0.2) is 13.4 Å². The topological polar surface area (TPSA) is 79.8 Å². The van der Waals surface area contributed by atoms with Crippen molar-refractivity contribution in [3.63, 3.8) is 0 Å². The number of sulfonamides is 1. The Hall–Kier alpha value is -1.52. The minimum absolute atomic E-state index is 0.0131. The van der Waals surface area contributed by atoms with Crippen LogP contribution in [-0.4, -0.2) is 60.9 Å². The van der Waals surface area contributed by atoms with Crippen molar-refractivity contribution in [2.75, 3.05) is 26.2 Å². The number of ether oxygens (including phenoxy) is 1. The van der Waals surface area contributed by atoms with Crippen LogP contribution in [0.25, 0.3) is 0 Å². The lowest BCUT2D eigenvalue weighted by Crippen LogP contribution is -2.45. The van der Waals surface area contributed by atoms with Gasteiger partial charge < -0.3 is 9.64 Å². The van der Waals surface area contributed by atoms with Crippen LogP contribution in [0.3, 0.4) is 0 Å². The lowest BCUT2D eigenvalue weighted by atomic mass is 9.96. The van der Waals surface area contributed by atoms with Gasteiger partial charge in [0.2, 0.25) is 15.9 Å². The SMILES string of the molecule is O=C(C1CCN(S(=O)(=O)c2cccnc2Cl)CC1)N(Cc1cccs1)CC1CCCO1. The summed E-state index contributed by atoms with van der Waals surface area (Å²) in [6.07, 6.45) is 4.51. The monoisotopic (exact) mass is 483 g/mol. The number of hydrogen-bond donors (Lipinski definition) is 0. The molecular formula is C21H26ClN3O4S2. The number of piperidine rings is 1. The molecule has 0 saturated carbocycles. The molecule has 4 heterocycles. The molecule has 0 aromatic carbocycles. The zero-order valence-electron chi connectivity index (χ0n) is 17.2. The van der Waals surface area contributed by atoms with E-state index in [0.29, 0.717) is 25.9 Å². The third kappa shape index (κ3) is 5.28. The van der Waals surface area contributed by atoms with Crippen LogP contribution >= 0.6 is 22.9 Å². The van der Waals surface area contributed by atoms with Gasteiger partial charge >= 0.3 is 0 Å². The Morgan fingerprint density at radius 1 is 1.26 bits per heavy atom. The molecule has 2 aromatic rings. The number of thiophene rings is 1. The van der Waals surface area contributed by atoms with Gasteiger partial charge in [0.15, 0.2) is 0 Å². The maximum absolute atomic E-state index is 13.4. The molecule has 2 aromatic heterocycles. The number of aromatic nitrogens is 1. The fraction of sp³-hybridized carbons (Fsp3) is 0.524. The van der Waals surface area contributed by atoms with Crippen molar-refractivity contribution in [2.45, 2.75) is 43.2 Å². The molecule has 1 atom stereocenters. The summed E-state index contributed by atoms with van der Waals surface area (Å²) in [5.41, 5.74) is 0. The van der Waals surface area contributed by atoms with E-state index in [-0.39, 0.29) is 41.1 Å². The molecule has 7 nitrogen and oxygen atoms in total. The minimum atomic E-state index is -3.73. The summed E-state index contributed by atoms with van der Waals surface area (Å²) in [5.74, 6) is -0.113. The van der Waals surface area contributed by atoms with Crippen LogP contribution in [0.5, 0.6) is 0 Å². The van der Waals surface area contributed by atoms with Gasteiger partial charge in [0.1, 0.15) is 10.0 Å². The van der Waals surface area contributed by atoms with Crippen molar-refractivity contribution in [3.8, 4) is 0 Å². The van der Waals surface area contributed by atoms with Crippen molar-refractivity contribution in [3.05, 3.63) is 45.9 Å². The van der Waals surface area contributed by atoms with Crippen LogP contribution in [0.2, 0.25) is 5.15 Å². The van der Waals surface area contributed by atoms with E-state index in [0.717, 1.165) is 24.3 Å². The second-order valence-electron chi connectivity index (χ2n) is 7.90. The van der Waals surface area contributed by atoms with Crippen molar-refractivity contribution >= 4 is 38.9 Å². The highest BCUT2D eigenvalue weighted by molar-refractivity contribution is 7.89. The quantitative estimate of drug-likeness (QED) is 0.564. The molecule has 4 rings (SSSR count). The first kappa shape index (κ1) is 22.7. The average Bonchev–Trinajstić information content (AvgIpc) is 3.47. The molecule has 31 heavy (non-hydrogen) atoms. The average molecular weight is 484 g/mol. The molecule has 0 radical (unpaired) electrons. The normalized spacial score (nSPS) is 20.7. The highest BCUT2D eigenvalue weighted by Crippen LogP contribution is 2.29. The zero-order valence-corrected chi connectivity index (χ0v) is 19.5. The smallest absolute Gasteiger partial charge is 0.246 e. The molecule has 0 bridgehead atoms. The van der Waals surface area contributed by atoms with E-state index < -0.39 is 10.0 Å². The summed E-state index contributed by atoms with van der Waals surface area (Å²) in [6, 6.07) is 7.05. The third-order valence-electron chi connectivity index (χ3n) is 5.83. The van der Waals surface area contributed by atoms with Gasteiger partial charge in [-0.05, 0) is 49.3 Å². The van der Waals surface area contributed by atoms with Gasteiger partial charge in [-0.2, -0.15) is 4.31 Å². The number of pyridine rings is 1. The van der Waals surface area contributed by atoms with Crippen molar-refractivity contribution in [1.29, 1.82) is 0 Å². The number of nitrogens with zero attached hydrogens (tertiary/aromatic N) is 3. The highest BCUT2D eigenvalue weighted by atomic mass is 35.5. The first-order chi connectivity index (χ1) is 14.9. The first-order valence-corrected chi connectivity index (χ1v) is 13.2. The first-order valence-electron chi connectivity index (χ1n) is 10.5. The summed E-state index contributed by atoms with van der Waals surface area (Å²) in [5, 5.41) is 1.98. The molecule has 1 unspecified atom stereocenters. The molecule has 1 amide bonds. The molecule has 168 valence electrons. The second kappa shape index (κ2) is 9.95. The summed E-state index contributed by atoms with van der Waals surface area (Å²) < 4.78 is 33.1. The van der Waals surface area contributed by atoms with E-state index in [4.69, 9.17) is 16.3 Å². The van der Waals surface area contributed by atoms with Crippen molar-refractivity contribution in [2.24, 2.45) is 5.92 Å². The number of carbonyl (C=O) groups excluding carboxylic acids is 1. The van der Waals surface area contributed by atoms with Gasteiger partial charge in [0.25, 0.3) is 0 Å². The fourth-order valence-electron chi connectivity index (χ4n) is 4.16. The predicted octanol–water partition coefficient (Wildman–Crippen LogP) is 3.41. The van der Waals surface area contributed by atoms with Gasteiger partial charge in [0.05, 0.1) is 12.6 Å². The number of amides is 1. The summed E-state index contributed by atoms with van der Waals surface area (Å²) in [4.78, 5) is 20.3. The van der Waals surface area contributed by atoms with Gasteiger partial charge in [-0.3, -0.25) is 4.79 Å². The van der Waals surface area contributed by atoms with E-state index in [1.54, 1.807) is 17.4 Å². The highest BCUT2D eigenvalue weighted by Gasteiger charge is 2.35. The Bertz CT molecular complexity index is 986. The summed E-state index contributed by atoms with van der Waals surface area (Å²) >= 11 is 7.64. The lowest BCUT2D eigenvalue weighted by Gasteiger charge is -2.34. The van der Waals surface area contributed by atoms with Crippen LogP contribution in [0.4, 0.5) is 0 Å². The second-order valence-corrected chi connectivity index (χ2v) is 11.2. The van der Waals surface area contributed by atoms with E-state index >= 15 is 0 Å². The number of hydrogen-bond acceptors (Lipinski definition) is 6. The largest absolute Gasteiger partial charge is 0.376 e. The third-order valence-corrected chi connectivity index (χ3v) is 9.04. The van der Waals surface area contributed by atoms with Gasteiger partial charge in [-0.15, -0.1) is 11.3 Å². The minimum Gasteiger partial charge on any atom is -0.376 e. The molecule has 2 fully saturated rings.